The minimum absolute atomic E-state index is 0.0569. The zero-order valence-electron chi connectivity index (χ0n) is 18.1. The summed E-state index contributed by atoms with van der Waals surface area (Å²) >= 11 is 0. The van der Waals surface area contributed by atoms with Gasteiger partial charge in [0.15, 0.2) is 6.29 Å². The Labute approximate surface area is 183 Å². The van der Waals surface area contributed by atoms with Crippen molar-refractivity contribution in [1.29, 1.82) is 0 Å². The van der Waals surface area contributed by atoms with Gasteiger partial charge < -0.3 is 9.47 Å². The van der Waals surface area contributed by atoms with Crippen molar-refractivity contribution < 1.29 is 49.0 Å². The fourth-order valence-electron chi connectivity index (χ4n) is 3.50. The first kappa shape index (κ1) is 29.3. The van der Waals surface area contributed by atoms with Gasteiger partial charge in [-0.1, -0.05) is 57.8 Å². The van der Waals surface area contributed by atoms with Gasteiger partial charge in [-0.15, -0.1) is 0 Å². The molecule has 0 aliphatic carbocycles. The van der Waals surface area contributed by atoms with Crippen LogP contribution in [0.15, 0.2) is 0 Å². The van der Waals surface area contributed by atoms with Crippen molar-refractivity contribution in [2.75, 3.05) is 13.2 Å². The van der Waals surface area contributed by atoms with E-state index in [2.05, 4.69) is 0 Å². The summed E-state index contributed by atoms with van der Waals surface area (Å²) < 4.78 is 126. The third-order valence-corrected chi connectivity index (χ3v) is 5.54. The number of unbranched alkanes of at least 4 members (excludes halogenated alkanes) is 10. The van der Waals surface area contributed by atoms with Crippen LogP contribution in [0.25, 0.3) is 0 Å². The molecule has 0 spiro atoms. The van der Waals surface area contributed by atoms with Crippen LogP contribution in [0, 0.1) is 0 Å². The average Bonchev–Trinajstić information content (AvgIpc) is 3.20. The van der Waals surface area contributed by atoms with Crippen LogP contribution >= 0.6 is 0 Å². The normalized spacial score (nSPS) is 18.5. The van der Waals surface area contributed by atoms with Crippen LogP contribution in [0.3, 0.4) is 0 Å². The van der Waals surface area contributed by atoms with Crippen molar-refractivity contribution >= 4 is 0 Å². The summed E-state index contributed by atoms with van der Waals surface area (Å²) in [5.74, 6) is -18.7. The van der Waals surface area contributed by atoms with E-state index in [4.69, 9.17) is 9.47 Å². The Morgan fingerprint density at radius 2 is 1.09 bits per heavy atom. The van der Waals surface area contributed by atoms with Gasteiger partial charge in [-0.3, -0.25) is 0 Å². The lowest BCUT2D eigenvalue weighted by Crippen LogP contribution is -2.60. The molecule has 11 heteroatoms. The molecule has 1 rings (SSSR count). The van der Waals surface area contributed by atoms with Gasteiger partial charge in [0, 0.05) is 26.1 Å². The summed E-state index contributed by atoms with van der Waals surface area (Å²) in [6.07, 6.45) is 0.956. The van der Waals surface area contributed by atoms with Crippen LogP contribution in [0.1, 0.15) is 89.9 Å². The molecule has 1 heterocycles. The first-order valence-corrected chi connectivity index (χ1v) is 11.3. The van der Waals surface area contributed by atoms with Gasteiger partial charge in [0.25, 0.3) is 0 Å². The molecule has 32 heavy (non-hydrogen) atoms. The molecular weight excluding hydrogens is 455 g/mol. The highest BCUT2D eigenvalue weighted by Crippen LogP contribution is 2.54. The van der Waals surface area contributed by atoms with Crippen LogP contribution in [0.4, 0.5) is 39.5 Å². The van der Waals surface area contributed by atoms with Crippen molar-refractivity contribution in [2.24, 2.45) is 0 Å². The summed E-state index contributed by atoms with van der Waals surface area (Å²) in [4.78, 5) is 0. The van der Waals surface area contributed by atoms with Crippen molar-refractivity contribution in [1.82, 2.24) is 0 Å². The lowest BCUT2D eigenvalue weighted by Gasteiger charge is -2.33. The second-order valence-electron chi connectivity index (χ2n) is 8.30. The van der Waals surface area contributed by atoms with Gasteiger partial charge >= 0.3 is 23.9 Å². The maximum atomic E-state index is 13.4. The molecule has 1 saturated heterocycles. The monoisotopic (exact) mass is 488 g/mol. The van der Waals surface area contributed by atoms with Gasteiger partial charge in [-0.25, -0.2) is 0 Å². The molecule has 0 amide bonds. The van der Waals surface area contributed by atoms with Gasteiger partial charge in [0.1, 0.15) is 0 Å². The van der Waals surface area contributed by atoms with E-state index in [-0.39, 0.29) is 12.7 Å². The van der Waals surface area contributed by atoms with Crippen LogP contribution in [-0.4, -0.2) is 43.4 Å². The molecule has 1 fully saturated rings. The maximum absolute atomic E-state index is 13.4. The third-order valence-electron chi connectivity index (χ3n) is 5.54. The Morgan fingerprint density at radius 1 is 0.625 bits per heavy atom. The summed E-state index contributed by atoms with van der Waals surface area (Å²) in [5.41, 5.74) is 0. The molecule has 0 aromatic heterocycles. The minimum atomic E-state index is -6.79. The molecule has 192 valence electrons. The van der Waals surface area contributed by atoms with Crippen LogP contribution in [0.5, 0.6) is 0 Å². The van der Waals surface area contributed by atoms with E-state index in [1.807, 2.05) is 0 Å². The number of hydrogen-bond donors (Lipinski definition) is 0. The van der Waals surface area contributed by atoms with Gasteiger partial charge in [0.2, 0.25) is 0 Å². The number of rotatable bonds is 17. The second-order valence-corrected chi connectivity index (χ2v) is 8.30. The van der Waals surface area contributed by atoms with Crippen LogP contribution in [-0.2, 0) is 9.47 Å². The van der Waals surface area contributed by atoms with Crippen molar-refractivity contribution in [3.05, 3.63) is 0 Å². The van der Waals surface area contributed by atoms with E-state index >= 15 is 0 Å². The average molecular weight is 488 g/mol. The molecule has 0 N–H and O–H groups in total. The number of ether oxygens (including phenoxy) is 2. The number of alkyl halides is 9. The number of hydrogen-bond acceptors (Lipinski definition) is 2. The molecule has 0 bridgehead atoms. The topological polar surface area (TPSA) is 18.5 Å². The van der Waals surface area contributed by atoms with Crippen LogP contribution < -0.4 is 0 Å². The van der Waals surface area contributed by atoms with Crippen molar-refractivity contribution in [3.8, 4) is 0 Å². The fourth-order valence-corrected chi connectivity index (χ4v) is 3.50. The molecular formula is C21H33F9O2. The Bertz CT molecular complexity index is 504. The largest absolute Gasteiger partial charge is 0.460 e. The highest BCUT2D eigenvalue weighted by molar-refractivity contribution is 5.00. The Morgan fingerprint density at radius 3 is 1.53 bits per heavy atom. The highest BCUT2D eigenvalue weighted by atomic mass is 19.4. The Balaban J connectivity index is 2.01. The fraction of sp³-hybridized carbons (Fsp3) is 1.00. The SMILES string of the molecule is FC(F)(F)C(F)(F)C(F)(F)C(F)(F)CCCCCCCCCCCCCOC1CCCO1. The molecule has 2 nitrogen and oxygen atoms in total. The quantitative estimate of drug-likeness (QED) is 0.151. The molecule has 1 atom stereocenters. The highest BCUT2D eigenvalue weighted by Gasteiger charge is 2.81. The summed E-state index contributed by atoms with van der Waals surface area (Å²) in [6.45, 7) is 1.44. The number of halogens is 9. The zero-order chi connectivity index (χ0) is 24.3. The minimum Gasteiger partial charge on any atom is -0.353 e. The van der Waals surface area contributed by atoms with Gasteiger partial charge in [-0.05, 0) is 19.3 Å². The van der Waals surface area contributed by atoms with Crippen LogP contribution in [0.2, 0.25) is 0 Å². The first-order chi connectivity index (χ1) is 14.8. The summed E-state index contributed by atoms with van der Waals surface area (Å²) in [5, 5.41) is 0. The molecule has 1 aliphatic rings. The van der Waals surface area contributed by atoms with E-state index < -0.39 is 36.8 Å². The van der Waals surface area contributed by atoms with E-state index in [1.165, 1.54) is 0 Å². The predicted molar refractivity (Wildman–Crippen MR) is 101 cm³/mol. The Kier molecular flexibility index (Phi) is 12.1. The summed E-state index contributed by atoms with van der Waals surface area (Å²) in [6, 6.07) is 0. The third kappa shape index (κ3) is 8.91. The smallest absolute Gasteiger partial charge is 0.353 e. The first-order valence-electron chi connectivity index (χ1n) is 11.3. The van der Waals surface area contributed by atoms with E-state index in [1.54, 1.807) is 0 Å². The zero-order valence-corrected chi connectivity index (χ0v) is 18.1. The van der Waals surface area contributed by atoms with E-state index in [9.17, 15) is 39.5 Å². The van der Waals surface area contributed by atoms with Gasteiger partial charge in [-0.2, -0.15) is 39.5 Å². The predicted octanol–water partition coefficient (Wildman–Crippen LogP) is 8.29. The molecule has 1 unspecified atom stereocenters. The van der Waals surface area contributed by atoms with Crippen molar-refractivity contribution in [3.63, 3.8) is 0 Å². The second kappa shape index (κ2) is 13.2. The molecule has 0 aromatic rings. The van der Waals surface area contributed by atoms with E-state index in [0.29, 0.717) is 19.4 Å². The van der Waals surface area contributed by atoms with Gasteiger partial charge in [0.05, 0.1) is 0 Å². The van der Waals surface area contributed by atoms with E-state index in [0.717, 1.165) is 64.4 Å². The summed E-state index contributed by atoms with van der Waals surface area (Å²) in [7, 11) is 0. The molecule has 0 saturated carbocycles. The molecule has 0 aromatic carbocycles. The molecule has 1 aliphatic heterocycles. The molecule has 0 radical (unpaired) electrons. The van der Waals surface area contributed by atoms with Crippen molar-refractivity contribution in [2.45, 2.75) is 120 Å². The standard InChI is InChI=1S/C21H33F9O2/c22-18(23,19(24,25)20(26,27)21(28,29)30)14-10-8-6-4-2-1-3-5-7-9-11-15-31-17-13-12-16-32-17/h17H,1-16H2. The lowest BCUT2D eigenvalue weighted by molar-refractivity contribution is -0.396. The Hall–Kier alpha value is -0.710. The lowest BCUT2D eigenvalue weighted by atomic mass is 9.97. The maximum Gasteiger partial charge on any atom is 0.460 e.